The van der Waals surface area contributed by atoms with Gasteiger partial charge in [0.1, 0.15) is 5.75 Å². The molecule has 1 aromatic carbocycles. The third-order valence-electron chi connectivity index (χ3n) is 4.23. The van der Waals surface area contributed by atoms with Crippen molar-refractivity contribution in [1.82, 2.24) is 4.98 Å². The summed E-state index contributed by atoms with van der Waals surface area (Å²) in [5, 5.41) is -0.138. The Bertz CT molecular complexity index is 1000. The predicted octanol–water partition coefficient (Wildman–Crippen LogP) is 2.61. The van der Waals surface area contributed by atoms with E-state index < -0.39 is 9.84 Å². The first-order chi connectivity index (χ1) is 13.1. The van der Waals surface area contributed by atoms with Crippen molar-refractivity contribution in [3.8, 4) is 17.4 Å². The number of benzene rings is 1. The van der Waals surface area contributed by atoms with Gasteiger partial charge < -0.3 is 23.2 Å². The van der Waals surface area contributed by atoms with E-state index in [1.54, 1.807) is 24.3 Å². The molecule has 1 saturated heterocycles. The number of methoxy groups -OCH3 is 1. The van der Waals surface area contributed by atoms with Crippen molar-refractivity contribution in [2.75, 3.05) is 38.3 Å². The second-order valence-electron chi connectivity index (χ2n) is 5.89. The van der Waals surface area contributed by atoms with Gasteiger partial charge in [0.25, 0.3) is 5.89 Å². The number of aromatic nitrogens is 1. The second kappa shape index (κ2) is 7.09. The number of hydrogen-bond acceptors (Lipinski definition) is 8. The Hall–Kier alpha value is -2.78. The molecule has 1 fully saturated rings. The Labute approximate surface area is 156 Å². The number of morpholine rings is 1. The minimum atomic E-state index is -3.90. The fourth-order valence-electron chi connectivity index (χ4n) is 2.81. The van der Waals surface area contributed by atoms with Gasteiger partial charge in [-0.3, -0.25) is 0 Å². The number of anilines is 1. The lowest BCUT2D eigenvalue weighted by atomic mass is 10.3. The van der Waals surface area contributed by atoms with E-state index in [4.69, 9.17) is 18.3 Å². The van der Waals surface area contributed by atoms with Crippen molar-refractivity contribution >= 4 is 15.7 Å². The van der Waals surface area contributed by atoms with Crippen molar-refractivity contribution < 1.29 is 26.7 Å². The zero-order valence-corrected chi connectivity index (χ0v) is 15.4. The number of ether oxygens (including phenoxy) is 2. The molecule has 0 amide bonds. The maximum absolute atomic E-state index is 13.2. The third kappa shape index (κ3) is 3.31. The average Bonchev–Trinajstić information content (AvgIpc) is 3.38. The summed E-state index contributed by atoms with van der Waals surface area (Å²) < 4.78 is 48.0. The summed E-state index contributed by atoms with van der Waals surface area (Å²) in [4.78, 5) is 6.18. The Kier molecular flexibility index (Phi) is 4.63. The van der Waals surface area contributed by atoms with Crippen LogP contribution in [-0.2, 0) is 14.6 Å². The van der Waals surface area contributed by atoms with Gasteiger partial charge in [0.2, 0.25) is 20.7 Å². The average molecular weight is 390 g/mol. The van der Waals surface area contributed by atoms with Crippen molar-refractivity contribution in [3.05, 3.63) is 42.7 Å². The number of hydrogen-bond donors (Lipinski definition) is 0. The zero-order chi connectivity index (χ0) is 18.9. The lowest BCUT2D eigenvalue weighted by Gasteiger charge is -2.26. The molecule has 0 N–H and O–H groups in total. The molecule has 0 radical (unpaired) electrons. The van der Waals surface area contributed by atoms with E-state index in [1.165, 1.54) is 25.5 Å². The molecule has 2 aromatic heterocycles. The number of furan rings is 1. The van der Waals surface area contributed by atoms with Gasteiger partial charge in [0, 0.05) is 13.1 Å². The molecule has 142 valence electrons. The topological polar surface area (TPSA) is 95.0 Å². The minimum Gasteiger partial charge on any atom is -0.497 e. The molecule has 27 heavy (non-hydrogen) atoms. The quantitative estimate of drug-likeness (QED) is 0.656. The van der Waals surface area contributed by atoms with Crippen LogP contribution in [0.5, 0.6) is 5.75 Å². The Balaban J connectivity index is 1.81. The first kappa shape index (κ1) is 17.6. The fraction of sp³-hybridized carbons (Fsp3) is 0.278. The molecular formula is C18H18N2O6S. The summed E-state index contributed by atoms with van der Waals surface area (Å²) in [5.41, 5.74) is 0. The summed E-state index contributed by atoms with van der Waals surface area (Å²) in [7, 11) is -2.38. The molecule has 0 aliphatic carbocycles. The van der Waals surface area contributed by atoms with Crippen LogP contribution < -0.4 is 9.64 Å². The summed E-state index contributed by atoms with van der Waals surface area (Å²) >= 11 is 0. The molecule has 3 aromatic rings. The number of rotatable bonds is 5. The van der Waals surface area contributed by atoms with Crippen LogP contribution in [0.2, 0.25) is 0 Å². The summed E-state index contributed by atoms with van der Waals surface area (Å²) in [6, 6.07) is 9.50. The molecule has 0 atom stereocenters. The maximum Gasteiger partial charge on any atom is 0.266 e. The molecule has 0 saturated carbocycles. The molecule has 4 rings (SSSR count). The van der Waals surface area contributed by atoms with Crippen LogP contribution in [0.3, 0.4) is 0 Å². The van der Waals surface area contributed by atoms with Crippen LogP contribution in [0.1, 0.15) is 0 Å². The van der Waals surface area contributed by atoms with Crippen LogP contribution in [0, 0.1) is 0 Å². The van der Waals surface area contributed by atoms with Gasteiger partial charge in [0.15, 0.2) is 5.76 Å². The number of sulfone groups is 1. The van der Waals surface area contributed by atoms with Crippen LogP contribution in [0.25, 0.3) is 11.7 Å². The smallest absolute Gasteiger partial charge is 0.266 e. The van der Waals surface area contributed by atoms with Gasteiger partial charge in [0.05, 0.1) is 31.5 Å². The van der Waals surface area contributed by atoms with Crippen LogP contribution in [-0.4, -0.2) is 46.8 Å². The standard InChI is InChI=1S/C18H18N2O6S/c1-23-13-4-6-14(7-5-13)27(21,22)17-18(20-8-11-24-12-9-20)26-16(19-17)15-3-2-10-25-15/h2-7,10H,8-9,11-12H2,1H3. The van der Waals surface area contributed by atoms with E-state index in [2.05, 4.69) is 4.98 Å². The monoisotopic (exact) mass is 390 g/mol. The van der Waals surface area contributed by atoms with Crippen molar-refractivity contribution in [2.24, 2.45) is 0 Å². The Morgan fingerprint density at radius 2 is 1.85 bits per heavy atom. The SMILES string of the molecule is COc1ccc(S(=O)(=O)c2nc(-c3ccco3)oc2N2CCOCC2)cc1. The van der Waals surface area contributed by atoms with Gasteiger partial charge in [-0.05, 0) is 36.4 Å². The minimum absolute atomic E-state index is 0.108. The molecular weight excluding hydrogens is 372 g/mol. The first-order valence-electron chi connectivity index (χ1n) is 8.36. The molecule has 9 heteroatoms. The van der Waals surface area contributed by atoms with Gasteiger partial charge in [-0.2, -0.15) is 4.98 Å². The van der Waals surface area contributed by atoms with Crippen LogP contribution in [0.15, 0.2) is 61.4 Å². The van der Waals surface area contributed by atoms with Gasteiger partial charge >= 0.3 is 0 Å². The highest BCUT2D eigenvalue weighted by Crippen LogP contribution is 2.35. The lowest BCUT2D eigenvalue weighted by Crippen LogP contribution is -2.36. The normalized spacial score (nSPS) is 15.1. The number of nitrogens with zero attached hydrogens (tertiary/aromatic N) is 2. The highest BCUT2D eigenvalue weighted by atomic mass is 32.2. The van der Waals surface area contributed by atoms with Gasteiger partial charge in [-0.1, -0.05) is 0 Å². The summed E-state index contributed by atoms with van der Waals surface area (Å²) in [6.45, 7) is 1.99. The summed E-state index contributed by atoms with van der Waals surface area (Å²) in [6.07, 6.45) is 1.48. The summed E-state index contributed by atoms with van der Waals surface area (Å²) in [5.74, 6) is 1.24. The fourth-order valence-corrected chi connectivity index (χ4v) is 4.13. The van der Waals surface area contributed by atoms with Crippen molar-refractivity contribution in [3.63, 3.8) is 0 Å². The predicted molar refractivity (Wildman–Crippen MR) is 95.7 cm³/mol. The van der Waals surface area contributed by atoms with Crippen LogP contribution >= 0.6 is 0 Å². The molecule has 0 bridgehead atoms. The Morgan fingerprint density at radius 1 is 1.11 bits per heavy atom. The van der Waals surface area contributed by atoms with Crippen LogP contribution in [0.4, 0.5) is 5.88 Å². The van der Waals surface area contributed by atoms with E-state index >= 15 is 0 Å². The van der Waals surface area contributed by atoms with Crippen molar-refractivity contribution in [2.45, 2.75) is 9.92 Å². The zero-order valence-electron chi connectivity index (χ0n) is 14.6. The first-order valence-corrected chi connectivity index (χ1v) is 9.84. The Morgan fingerprint density at radius 3 is 2.48 bits per heavy atom. The molecule has 1 aliphatic heterocycles. The van der Waals surface area contributed by atoms with E-state index in [0.29, 0.717) is 37.8 Å². The molecule has 0 unspecified atom stereocenters. The number of oxazole rings is 1. The van der Waals surface area contributed by atoms with E-state index in [0.717, 1.165) is 0 Å². The highest BCUT2D eigenvalue weighted by Gasteiger charge is 2.32. The second-order valence-corrected chi connectivity index (χ2v) is 7.75. The van der Waals surface area contributed by atoms with Gasteiger partial charge in [-0.25, -0.2) is 8.42 Å². The van der Waals surface area contributed by atoms with Gasteiger partial charge in [-0.15, -0.1) is 0 Å². The lowest BCUT2D eigenvalue weighted by molar-refractivity contribution is 0.120. The highest BCUT2D eigenvalue weighted by molar-refractivity contribution is 7.91. The molecule has 1 aliphatic rings. The third-order valence-corrected chi connectivity index (χ3v) is 5.90. The molecule has 8 nitrogen and oxygen atoms in total. The van der Waals surface area contributed by atoms with E-state index in [9.17, 15) is 8.42 Å². The maximum atomic E-state index is 13.2. The largest absolute Gasteiger partial charge is 0.497 e. The molecule has 3 heterocycles. The van der Waals surface area contributed by atoms with Crippen molar-refractivity contribution in [1.29, 1.82) is 0 Å². The van der Waals surface area contributed by atoms with E-state index in [1.807, 2.05) is 4.90 Å². The van der Waals surface area contributed by atoms with E-state index in [-0.39, 0.29) is 21.7 Å². The molecule has 0 spiro atoms.